The average Bonchev–Trinajstić information content (AvgIpc) is 2.96. The van der Waals surface area contributed by atoms with E-state index in [0.29, 0.717) is 13.1 Å². The van der Waals surface area contributed by atoms with Crippen LogP contribution in [0.2, 0.25) is 0 Å². The SMILES string of the molecule is COc1ccc2occ(C3=CCN(C(=O)OC(C)(C)C)CC3)c2c1. The van der Waals surface area contributed by atoms with Crippen molar-refractivity contribution in [2.75, 3.05) is 20.2 Å². The molecular weight excluding hydrogens is 306 g/mol. The lowest BCUT2D eigenvalue weighted by Crippen LogP contribution is -2.39. The van der Waals surface area contributed by atoms with Crippen molar-refractivity contribution in [3.8, 4) is 5.75 Å². The number of nitrogens with zero attached hydrogens (tertiary/aromatic N) is 1. The summed E-state index contributed by atoms with van der Waals surface area (Å²) in [6, 6.07) is 5.78. The van der Waals surface area contributed by atoms with Crippen LogP contribution >= 0.6 is 0 Å². The van der Waals surface area contributed by atoms with Gasteiger partial charge in [-0.15, -0.1) is 0 Å². The van der Waals surface area contributed by atoms with Crippen LogP contribution in [0.5, 0.6) is 5.75 Å². The first-order chi connectivity index (χ1) is 11.4. The molecule has 2 heterocycles. The summed E-state index contributed by atoms with van der Waals surface area (Å²) < 4.78 is 16.4. The van der Waals surface area contributed by atoms with Crippen LogP contribution in [-0.2, 0) is 4.74 Å². The van der Waals surface area contributed by atoms with Crippen molar-refractivity contribution < 1.29 is 18.7 Å². The monoisotopic (exact) mass is 329 g/mol. The highest BCUT2D eigenvalue weighted by Gasteiger charge is 2.24. The van der Waals surface area contributed by atoms with E-state index in [4.69, 9.17) is 13.9 Å². The third-order valence-electron chi connectivity index (χ3n) is 3.99. The molecule has 0 aliphatic carbocycles. The van der Waals surface area contributed by atoms with E-state index in [0.717, 1.165) is 28.7 Å². The second-order valence-electron chi connectivity index (χ2n) is 6.92. The highest BCUT2D eigenvalue weighted by Crippen LogP contribution is 2.33. The predicted octanol–water partition coefficient (Wildman–Crippen LogP) is 4.47. The highest BCUT2D eigenvalue weighted by molar-refractivity contribution is 5.92. The number of carbonyl (C=O) groups excluding carboxylic acids is 1. The molecule has 128 valence electrons. The smallest absolute Gasteiger partial charge is 0.410 e. The van der Waals surface area contributed by atoms with Crippen molar-refractivity contribution in [2.24, 2.45) is 0 Å². The van der Waals surface area contributed by atoms with Crippen LogP contribution in [0.25, 0.3) is 16.5 Å². The fourth-order valence-electron chi connectivity index (χ4n) is 2.79. The fraction of sp³-hybridized carbons (Fsp3) is 0.421. The Bertz CT molecular complexity index is 782. The number of carbonyl (C=O) groups is 1. The van der Waals surface area contributed by atoms with Crippen molar-refractivity contribution >= 4 is 22.6 Å². The summed E-state index contributed by atoms with van der Waals surface area (Å²) in [5, 5.41) is 1.03. The predicted molar refractivity (Wildman–Crippen MR) is 93.2 cm³/mol. The molecular formula is C19H23NO4. The Labute approximate surface area is 141 Å². The van der Waals surface area contributed by atoms with E-state index in [2.05, 4.69) is 6.08 Å². The lowest BCUT2D eigenvalue weighted by Gasteiger charge is -2.29. The van der Waals surface area contributed by atoms with Crippen LogP contribution in [-0.4, -0.2) is 36.8 Å². The molecule has 3 rings (SSSR count). The largest absolute Gasteiger partial charge is 0.497 e. The molecule has 0 saturated heterocycles. The van der Waals surface area contributed by atoms with E-state index in [1.54, 1.807) is 18.3 Å². The van der Waals surface area contributed by atoms with Crippen LogP contribution in [0.15, 0.2) is 35.0 Å². The van der Waals surface area contributed by atoms with Gasteiger partial charge in [0.2, 0.25) is 0 Å². The van der Waals surface area contributed by atoms with Crippen LogP contribution in [0.3, 0.4) is 0 Å². The Balaban J connectivity index is 1.79. The van der Waals surface area contributed by atoms with E-state index in [-0.39, 0.29) is 6.09 Å². The maximum absolute atomic E-state index is 12.1. The van der Waals surface area contributed by atoms with Gasteiger partial charge in [0.05, 0.1) is 13.4 Å². The lowest BCUT2D eigenvalue weighted by molar-refractivity contribution is 0.0270. The van der Waals surface area contributed by atoms with Gasteiger partial charge < -0.3 is 18.8 Å². The van der Waals surface area contributed by atoms with Gasteiger partial charge in [0.25, 0.3) is 0 Å². The minimum absolute atomic E-state index is 0.267. The first kappa shape index (κ1) is 16.4. The molecule has 24 heavy (non-hydrogen) atoms. The zero-order valence-corrected chi connectivity index (χ0v) is 14.6. The summed E-state index contributed by atoms with van der Waals surface area (Å²) in [7, 11) is 1.65. The van der Waals surface area contributed by atoms with Crippen molar-refractivity contribution in [1.29, 1.82) is 0 Å². The number of hydrogen-bond donors (Lipinski definition) is 0. The van der Waals surface area contributed by atoms with Crippen molar-refractivity contribution in [2.45, 2.75) is 32.8 Å². The number of amides is 1. The second kappa shape index (κ2) is 6.23. The van der Waals surface area contributed by atoms with Gasteiger partial charge in [-0.1, -0.05) is 6.08 Å². The highest BCUT2D eigenvalue weighted by atomic mass is 16.6. The molecule has 5 nitrogen and oxygen atoms in total. The van der Waals surface area contributed by atoms with Gasteiger partial charge in [-0.2, -0.15) is 0 Å². The molecule has 1 aliphatic rings. The first-order valence-electron chi connectivity index (χ1n) is 8.10. The van der Waals surface area contributed by atoms with Gasteiger partial charge in [0.1, 0.15) is 16.9 Å². The second-order valence-corrected chi connectivity index (χ2v) is 6.92. The molecule has 2 aromatic rings. The Morgan fingerprint density at radius 3 is 2.71 bits per heavy atom. The third-order valence-corrected chi connectivity index (χ3v) is 3.99. The van der Waals surface area contributed by atoms with Crippen LogP contribution in [0, 0.1) is 0 Å². The topological polar surface area (TPSA) is 51.9 Å². The molecule has 0 spiro atoms. The van der Waals surface area contributed by atoms with E-state index in [1.165, 1.54) is 5.57 Å². The third kappa shape index (κ3) is 3.40. The molecule has 0 saturated carbocycles. The quantitative estimate of drug-likeness (QED) is 0.816. The summed E-state index contributed by atoms with van der Waals surface area (Å²) >= 11 is 0. The maximum Gasteiger partial charge on any atom is 0.410 e. The summed E-state index contributed by atoms with van der Waals surface area (Å²) in [6.45, 7) is 6.81. The number of ether oxygens (including phenoxy) is 2. The van der Waals surface area contributed by atoms with Gasteiger partial charge in [-0.25, -0.2) is 4.79 Å². The minimum Gasteiger partial charge on any atom is -0.497 e. The zero-order chi connectivity index (χ0) is 17.3. The Morgan fingerprint density at radius 2 is 2.08 bits per heavy atom. The summed E-state index contributed by atoms with van der Waals surface area (Å²) in [4.78, 5) is 13.9. The molecule has 0 atom stereocenters. The van der Waals surface area contributed by atoms with Crippen LogP contribution < -0.4 is 4.74 Å². The molecule has 0 radical (unpaired) electrons. The van der Waals surface area contributed by atoms with Gasteiger partial charge >= 0.3 is 6.09 Å². The minimum atomic E-state index is -0.474. The molecule has 0 unspecified atom stereocenters. The number of furan rings is 1. The summed E-state index contributed by atoms with van der Waals surface area (Å²) in [6.07, 6.45) is 4.35. The fourth-order valence-corrected chi connectivity index (χ4v) is 2.79. The number of hydrogen-bond acceptors (Lipinski definition) is 4. The molecule has 0 fully saturated rings. The van der Waals surface area contributed by atoms with Gasteiger partial charge in [0, 0.05) is 24.0 Å². The van der Waals surface area contributed by atoms with Crippen LogP contribution in [0.4, 0.5) is 4.79 Å². The van der Waals surface area contributed by atoms with Crippen molar-refractivity contribution in [1.82, 2.24) is 4.90 Å². The normalized spacial score (nSPS) is 15.3. The Morgan fingerprint density at radius 1 is 1.29 bits per heavy atom. The molecule has 1 aliphatic heterocycles. The summed E-state index contributed by atoms with van der Waals surface area (Å²) in [5.74, 6) is 0.803. The molecule has 0 bridgehead atoms. The van der Waals surface area contributed by atoms with E-state index in [1.807, 2.05) is 39.0 Å². The van der Waals surface area contributed by atoms with Gasteiger partial charge in [0.15, 0.2) is 0 Å². The molecule has 0 N–H and O–H groups in total. The number of rotatable bonds is 2. The van der Waals surface area contributed by atoms with Crippen LogP contribution in [0.1, 0.15) is 32.8 Å². The maximum atomic E-state index is 12.1. The number of benzene rings is 1. The first-order valence-corrected chi connectivity index (χ1v) is 8.10. The van der Waals surface area contributed by atoms with Crippen molar-refractivity contribution in [3.05, 3.63) is 36.1 Å². The standard InChI is InChI=1S/C19H23NO4/c1-19(2,3)24-18(21)20-9-7-13(8-10-20)16-12-23-17-6-5-14(22-4)11-15(16)17/h5-7,11-12H,8-10H2,1-4H3. The average molecular weight is 329 g/mol. The van der Waals surface area contributed by atoms with E-state index >= 15 is 0 Å². The van der Waals surface area contributed by atoms with Gasteiger partial charge in [-0.05, 0) is 51.0 Å². The molecule has 1 amide bonds. The zero-order valence-electron chi connectivity index (χ0n) is 14.6. The lowest BCUT2D eigenvalue weighted by atomic mass is 9.99. The Kier molecular flexibility index (Phi) is 4.26. The molecule has 5 heteroatoms. The number of fused-ring (bicyclic) bond motifs is 1. The molecule has 1 aromatic heterocycles. The van der Waals surface area contributed by atoms with E-state index < -0.39 is 5.60 Å². The van der Waals surface area contributed by atoms with Gasteiger partial charge in [-0.3, -0.25) is 0 Å². The molecule has 1 aromatic carbocycles. The van der Waals surface area contributed by atoms with E-state index in [9.17, 15) is 4.79 Å². The van der Waals surface area contributed by atoms with Crippen molar-refractivity contribution in [3.63, 3.8) is 0 Å². The summed E-state index contributed by atoms with van der Waals surface area (Å²) in [5.41, 5.74) is 2.61. The Hall–Kier alpha value is -2.43. The number of methoxy groups -OCH3 is 1.